The molecule has 4 heteroatoms. The fourth-order valence-corrected chi connectivity index (χ4v) is 5.61. The summed E-state index contributed by atoms with van der Waals surface area (Å²) in [4.78, 5) is 0. The highest BCUT2D eigenvalue weighted by atomic mass is 16.5. The number of ether oxygens (including phenoxy) is 1. The topological polar surface area (TPSA) is 84.7 Å². The van der Waals surface area contributed by atoms with Crippen LogP contribution in [0.3, 0.4) is 0 Å². The Morgan fingerprint density at radius 2 is 0.318 bits per heavy atom. The highest BCUT2D eigenvalue weighted by Crippen LogP contribution is 2.15. The summed E-state index contributed by atoms with van der Waals surface area (Å²) in [5.74, 6) is 0. The van der Waals surface area contributed by atoms with Gasteiger partial charge in [-0.05, 0) is 12.8 Å². The second-order valence-electron chi connectivity index (χ2n) is 12.7. The average molecular weight is 939 g/mol. The molecule has 0 saturated carbocycles. The van der Waals surface area contributed by atoms with E-state index in [-0.39, 0.29) is 19.4 Å². The first-order valence-electron chi connectivity index (χ1n) is 25.1. The van der Waals surface area contributed by atoms with Crippen molar-refractivity contribution in [3.63, 3.8) is 0 Å². The summed E-state index contributed by atoms with van der Waals surface area (Å²) >= 11 is 0. The largest absolute Gasteiger partial charge is 0.394 e. The van der Waals surface area contributed by atoms with Gasteiger partial charge in [0.2, 0.25) is 0 Å². The lowest BCUT2D eigenvalue weighted by Crippen LogP contribution is -1.97. The quantitative estimate of drug-likeness (QED) is 0.0437. The Labute approximate surface area is 423 Å². The van der Waals surface area contributed by atoms with Gasteiger partial charge in [-0.15, -0.1) is 158 Å². The van der Waals surface area contributed by atoms with Gasteiger partial charge in [-0.25, -0.2) is 0 Å². The van der Waals surface area contributed by atoms with Crippen LogP contribution in [0.5, 0.6) is 0 Å². The summed E-state index contributed by atoms with van der Waals surface area (Å²) in [6.45, 7) is 78.4. The highest BCUT2D eigenvalue weighted by Gasteiger charge is 1.97. The molecule has 0 heterocycles. The third kappa shape index (κ3) is 215. The van der Waals surface area contributed by atoms with Crippen LogP contribution in [-0.2, 0) is 4.74 Å². The van der Waals surface area contributed by atoms with Crippen molar-refractivity contribution in [2.45, 2.75) is 219 Å². The van der Waals surface area contributed by atoms with Crippen molar-refractivity contribution in [3.8, 4) is 0 Å². The predicted octanol–water partition coefficient (Wildman–Crippen LogP) is 22.3. The zero-order valence-corrected chi connectivity index (χ0v) is 46.4. The van der Waals surface area contributed by atoms with E-state index in [4.69, 9.17) is 14.9 Å². The molecule has 0 saturated heterocycles. The number of aliphatic hydroxyl groups is 2. The van der Waals surface area contributed by atoms with E-state index in [2.05, 4.69) is 172 Å². The Bertz CT molecular complexity index is 496. The Hall–Kier alpha value is -3.28. The summed E-state index contributed by atoms with van der Waals surface area (Å²) in [7, 11) is 0. The molecule has 0 spiro atoms. The molecular weight excluding hydrogens is 807 g/mol. The third-order valence-electron chi connectivity index (χ3n) is 8.38. The molecule has 0 atom stereocenters. The minimum atomic E-state index is -0.125. The molecule has 0 aliphatic heterocycles. The zero-order valence-electron chi connectivity index (χ0n) is 46.4. The molecule has 0 rings (SSSR count). The summed E-state index contributed by atoms with van der Waals surface area (Å²) in [5, 5.41) is 15.2. The lowest BCUT2D eigenvalue weighted by atomic mass is 10.0. The minimum absolute atomic E-state index is 0. The van der Waals surface area contributed by atoms with E-state index in [9.17, 15) is 0 Å². The fraction of sp³-hybridized carbons (Fsp3) is 0.613. The minimum Gasteiger partial charge on any atom is -0.394 e. The monoisotopic (exact) mass is 938 g/mol. The molecule has 0 radical (unpaired) electrons. The number of rotatable bonds is 35. The second kappa shape index (κ2) is 200. The molecule has 0 bridgehead atoms. The standard InChI is InChI=1S/C36H74O.C2H6O2.12C2H4.H3N/c1-3-5-7-9-11-13-15-17-19-21-23-25-27-29-31-33-35-37-36-34-32-30-28-26-24-22-20-18-16-14-12-10-8-6-4-2;3-1-2-4;12*1-2;/h3-36H2,1-2H3;3-4H,1-2H2;12*1-2H2;1H3. The predicted molar refractivity (Wildman–Crippen MR) is 324 cm³/mol. The third-order valence-corrected chi connectivity index (χ3v) is 8.38. The molecule has 5 N–H and O–H groups in total. The van der Waals surface area contributed by atoms with E-state index in [1.165, 1.54) is 205 Å². The van der Waals surface area contributed by atoms with Crippen molar-refractivity contribution in [1.82, 2.24) is 6.15 Å². The van der Waals surface area contributed by atoms with Crippen molar-refractivity contribution in [1.29, 1.82) is 0 Å². The van der Waals surface area contributed by atoms with Crippen LogP contribution in [-0.4, -0.2) is 36.6 Å². The lowest BCUT2D eigenvalue weighted by Gasteiger charge is -2.06. The molecule has 402 valence electrons. The number of aliphatic hydroxyl groups excluding tert-OH is 2. The van der Waals surface area contributed by atoms with E-state index in [1.807, 2.05) is 0 Å². The molecule has 0 fully saturated rings. The molecule has 0 aliphatic rings. The number of hydrogen-bond donors (Lipinski definition) is 3. The maximum atomic E-state index is 7.62. The summed E-state index contributed by atoms with van der Waals surface area (Å²) in [6, 6.07) is 0. The van der Waals surface area contributed by atoms with E-state index in [0.29, 0.717) is 0 Å². The molecule has 0 aromatic carbocycles. The van der Waals surface area contributed by atoms with Gasteiger partial charge in [-0.2, -0.15) is 0 Å². The van der Waals surface area contributed by atoms with Gasteiger partial charge in [0.15, 0.2) is 0 Å². The molecular formula is C62H131NO3. The van der Waals surface area contributed by atoms with Gasteiger partial charge >= 0.3 is 0 Å². The summed E-state index contributed by atoms with van der Waals surface area (Å²) in [5.41, 5.74) is 0. The Morgan fingerprint density at radius 1 is 0.212 bits per heavy atom. The van der Waals surface area contributed by atoms with Crippen LogP contribution in [0.4, 0.5) is 0 Å². The van der Waals surface area contributed by atoms with E-state index >= 15 is 0 Å². The average Bonchev–Trinajstić information content (AvgIpc) is 3.42. The van der Waals surface area contributed by atoms with Crippen LogP contribution < -0.4 is 6.15 Å². The van der Waals surface area contributed by atoms with Gasteiger partial charge in [0.1, 0.15) is 0 Å². The van der Waals surface area contributed by atoms with Crippen molar-refractivity contribution in [2.75, 3.05) is 26.4 Å². The molecule has 0 unspecified atom stereocenters. The SMILES string of the molecule is C=C.C=C.C=C.C=C.C=C.C=C.C=C.C=C.C=C.C=C.C=C.C=C.CCCCCCCCCCCCCCCCCCOCCCCCCCCCCCCCCCCCC.N.OCCO. The normalized spacial score (nSPS) is 7.64. The van der Waals surface area contributed by atoms with Gasteiger partial charge < -0.3 is 21.1 Å². The Kier molecular flexibility index (Phi) is 318. The molecule has 4 nitrogen and oxygen atoms in total. The van der Waals surface area contributed by atoms with E-state index < -0.39 is 0 Å². The van der Waals surface area contributed by atoms with Gasteiger partial charge in [-0.3, -0.25) is 0 Å². The van der Waals surface area contributed by atoms with Crippen LogP contribution in [0.15, 0.2) is 158 Å². The maximum absolute atomic E-state index is 7.62. The van der Waals surface area contributed by atoms with Crippen molar-refractivity contribution in [3.05, 3.63) is 158 Å². The Morgan fingerprint density at radius 3 is 0.424 bits per heavy atom. The lowest BCUT2D eigenvalue weighted by molar-refractivity contribution is 0.125. The van der Waals surface area contributed by atoms with E-state index in [1.54, 1.807) is 0 Å². The van der Waals surface area contributed by atoms with Crippen molar-refractivity contribution >= 4 is 0 Å². The van der Waals surface area contributed by atoms with Gasteiger partial charge in [-0.1, -0.05) is 206 Å². The fourth-order valence-electron chi connectivity index (χ4n) is 5.61. The zero-order chi connectivity index (χ0) is 54.2. The van der Waals surface area contributed by atoms with Crippen LogP contribution in [0.1, 0.15) is 219 Å². The number of hydrogen-bond acceptors (Lipinski definition) is 4. The van der Waals surface area contributed by atoms with Crippen molar-refractivity contribution in [2.24, 2.45) is 0 Å². The molecule has 0 aromatic rings. The highest BCUT2D eigenvalue weighted by molar-refractivity contribution is 4.52. The molecule has 0 amide bonds. The van der Waals surface area contributed by atoms with Crippen LogP contribution in [0.25, 0.3) is 0 Å². The Balaban J connectivity index is -0.0000000580. The summed E-state index contributed by atoms with van der Waals surface area (Å²) < 4.78 is 5.87. The van der Waals surface area contributed by atoms with Gasteiger partial charge in [0, 0.05) is 13.2 Å². The van der Waals surface area contributed by atoms with Crippen molar-refractivity contribution < 1.29 is 14.9 Å². The summed E-state index contributed by atoms with van der Waals surface area (Å²) in [6.07, 6.45) is 46.0. The first-order valence-corrected chi connectivity index (χ1v) is 25.1. The molecule has 66 heavy (non-hydrogen) atoms. The van der Waals surface area contributed by atoms with Crippen LogP contribution in [0.2, 0.25) is 0 Å². The smallest absolute Gasteiger partial charge is 0.0662 e. The van der Waals surface area contributed by atoms with Crippen LogP contribution in [0, 0.1) is 0 Å². The molecule has 0 aromatic heterocycles. The maximum Gasteiger partial charge on any atom is 0.0662 e. The van der Waals surface area contributed by atoms with Gasteiger partial charge in [0.05, 0.1) is 13.2 Å². The van der Waals surface area contributed by atoms with Gasteiger partial charge in [0.25, 0.3) is 0 Å². The molecule has 0 aliphatic carbocycles. The van der Waals surface area contributed by atoms with Crippen LogP contribution >= 0.6 is 0 Å². The number of unbranched alkanes of at least 4 members (excludes halogenated alkanes) is 30. The van der Waals surface area contributed by atoms with E-state index in [0.717, 1.165) is 13.2 Å². The first-order chi connectivity index (χ1) is 32.3. The first kappa shape index (κ1) is 105. The second-order valence-corrected chi connectivity index (χ2v) is 12.7.